The third-order valence-electron chi connectivity index (χ3n) is 11.5. The minimum absolute atomic E-state index is 0.127. The molecule has 2 bridgehead atoms. The van der Waals surface area contributed by atoms with E-state index in [1.807, 2.05) is 30.3 Å². The number of pyridine rings is 2. The van der Waals surface area contributed by atoms with Gasteiger partial charge in [0.15, 0.2) is 5.01 Å². The van der Waals surface area contributed by atoms with Gasteiger partial charge in [-0.1, -0.05) is 17.4 Å². The van der Waals surface area contributed by atoms with Crippen LogP contribution in [0.2, 0.25) is 0 Å². The molecule has 3 atom stereocenters. The molecular weight excluding hydrogens is 715 g/mol. The van der Waals surface area contributed by atoms with Crippen molar-refractivity contribution in [2.75, 3.05) is 54.4 Å². The lowest BCUT2D eigenvalue weighted by atomic mass is 9.91. The highest BCUT2D eigenvalue weighted by Crippen LogP contribution is 2.39. The lowest BCUT2D eigenvalue weighted by Gasteiger charge is -2.43. The molecule has 2 unspecified atom stereocenters. The maximum atomic E-state index is 12.3. The molecule has 4 saturated heterocycles. The molecule has 16 heteroatoms. The van der Waals surface area contributed by atoms with Crippen LogP contribution in [0.5, 0.6) is 0 Å². The molecule has 0 saturated carbocycles. The zero-order chi connectivity index (χ0) is 37.5. The van der Waals surface area contributed by atoms with E-state index in [1.165, 1.54) is 19.0 Å². The van der Waals surface area contributed by atoms with Crippen LogP contribution in [0.3, 0.4) is 0 Å². The topological polar surface area (TPSA) is 184 Å². The molecule has 0 aliphatic carbocycles. The number of amides is 2. The van der Waals surface area contributed by atoms with Crippen LogP contribution < -0.4 is 20.4 Å². The van der Waals surface area contributed by atoms with E-state index >= 15 is 0 Å². The summed E-state index contributed by atoms with van der Waals surface area (Å²) >= 11 is 1.56. The minimum atomic E-state index is -0.312. The fourth-order valence-electron chi connectivity index (χ4n) is 8.64. The summed E-state index contributed by atoms with van der Waals surface area (Å²) in [6, 6.07) is 16.8. The summed E-state index contributed by atoms with van der Waals surface area (Å²) in [5, 5.41) is 39.7. The highest BCUT2D eigenvalue weighted by molar-refractivity contribution is 7.18. The molecule has 4 aliphatic rings. The Balaban J connectivity index is 0.827. The van der Waals surface area contributed by atoms with Gasteiger partial charge in [0.2, 0.25) is 16.9 Å². The molecule has 9 rings (SSSR count). The van der Waals surface area contributed by atoms with E-state index in [1.54, 1.807) is 34.3 Å². The number of piperidine rings is 2. The summed E-state index contributed by atoms with van der Waals surface area (Å²) in [4.78, 5) is 40.8. The first-order chi connectivity index (χ1) is 26.9. The van der Waals surface area contributed by atoms with Gasteiger partial charge in [0.05, 0.1) is 46.2 Å². The predicted octanol–water partition coefficient (Wildman–Crippen LogP) is 4.21. The summed E-state index contributed by atoms with van der Waals surface area (Å²) in [6.07, 6.45) is 10.6. The normalized spacial score (nSPS) is 21.7. The number of carbonyl (C=O) groups is 2. The van der Waals surface area contributed by atoms with E-state index in [4.69, 9.17) is 9.97 Å². The zero-order valence-electron chi connectivity index (χ0n) is 30.1. The molecule has 15 nitrogen and oxygen atoms in total. The van der Waals surface area contributed by atoms with Crippen molar-refractivity contribution in [2.24, 2.45) is 5.92 Å². The van der Waals surface area contributed by atoms with Crippen LogP contribution in [0.4, 0.5) is 16.6 Å². The third-order valence-corrected chi connectivity index (χ3v) is 12.5. The molecule has 5 aromatic rings. The number of hydrogen-bond donors (Lipinski definition) is 2. The molecule has 55 heavy (non-hydrogen) atoms. The Labute approximate surface area is 321 Å². The van der Waals surface area contributed by atoms with Gasteiger partial charge < -0.3 is 15.1 Å². The van der Waals surface area contributed by atoms with E-state index in [9.17, 15) is 20.1 Å². The Morgan fingerprint density at radius 2 is 1.75 bits per heavy atom. The number of nitriles is 2. The van der Waals surface area contributed by atoms with Gasteiger partial charge in [-0.15, -0.1) is 10.2 Å². The van der Waals surface area contributed by atoms with Crippen molar-refractivity contribution < 1.29 is 9.59 Å². The van der Waals surface area contributed by atoms with Crippen LogP contribution in [0, 0.1) is 28.6 Å². The number of nitrogens with one attached hydrogen (secondary N) is 2. The predicted molar refractivity (Wildman–Crippen MR) is 206 cm³/mol. The van der Waals surface area contributed by atoms with Gasteiger partial charge in [0.25, 0.3) is 0 Å². The van der Waals surface area contributed by atoms with Crippen molar-refractivity contribution in [2.45, 2.75) is 56.5 Å². The molecule has 2 amide bonds. The molecule has 9 heterocycles. The van der Waals surface area contributed by atoms with Crippen LogP contribution in [0.15, 0.2) is 55.0 Å². The van der Waals surface area contributed by atoms with E-state index in [0.29, 0.717) is 42.1 Å². The molecule has 5 aromatic heterocycles. The Kier molecular flexibility index (Phi) is 9.29. The molecule has 278 valence electrons. The van der Waals surface area contributed by atoms with E-state index < -0.39 is 0 Å². The van der Waals surface area contributed by atoms with E-state index in [0.717, 1.165) is 89.5 Å². The number of imide groups is 1. The number of piperazine rings is 1. The molecule has 0 radical (unpaired) electrons. The second kappa shape index (κ2) is 14.7. The minimum Gasteiger partial charge on any atom is -0.372 e. The van der Waals surface area contributed by atoms with Crippen molar-refractivity contribution in [3.8, 4) is 34.1 Å². The highest BCUT2D eigenvalue weighted by Gasteiger charge is 2.42. The number of fused-ring (bicyclic) bond motifs is 3. The van der Waals surface area contributed by atoms with Crippen molar-refractivity contribution in [3.05, 3.63) is 66.1 Å². The maximum absolute atomic E-state index is 12.3. The van der Waals surface area contributed by atoms with Crippen LogP contribution in [-0.2, 0) is 9.59 Å². The maximum Gasteiger partial charge on any atom is 0.234 e. The molecule has 2 N–H and O–H groups in total. The first kappa shape index (κ1) is 34.8. The largest absolute Gasteiger partial charge is 0.372 e. The lowest BCUT2D eigenvalue weighted by Crippen LogP contribution is -2.55. The van der Waals surface area contributed by atoms with Crippen LogP contribution in [-0.4, -0.2) is 97.8 Å². The smallest absolute Gasteiger partial charge is 0.234 e. The van der Waals surface area contributed by atoms with Crippen molar-refractivity contribution >= 4 is 45.3 Å². The van der Waals surface area contributed by atoms with Gasteiger partial charge in [-0.25, -0.2) is 9.50 Å². The van der Waals surface area contributed by atoms with Crippen LogP contribution >= 0.6 is 11.3 Å². The number of rotatable bonds is 9. The Morgan fingerprint density at radius 1 is 0.909 bits per heavy atom. The van der Waals surface area contributed by atoms with Gasteiger partial charge >= 0.3 is 0 Å². The number of anilines is 3. The SMILES string of the molecule is N#CCNc1cc(-c2ccc3cc(C#N)cnn23)ncc1-c1nnc(N2CC3CCC(C2)N3CC2CCN(c3ccc([C@H]4CCC(=O)NC4=O)cn3)CC2)s1. The first-order valence-corrected chi connectivity index (χ1v) is 19.6. The number of aromatic nitrogens is 6. The first-order valence-electron chi connectivity index (χ1n) is 18.8. The quantitative estimate of drug-likeness (QED) is 0.161. The van der Waals surface area contributed by atoms with Gasteiger partial charge in [-0.3, -0.25) is 24.8 Å². The highest BCUT2D eigenvalue weighted by atomic mass is 32.1. The zero-order valence-corrected chi connectivity index (χ0v) is 31.0. The standard InChI is InChI=1S/C39H39N13O2S/c40-11-12-42-32-16-33(34-6-4-27-15-25(17-41)18-45-52(27)34)43-20-31(32)38-47-48-39(55-38)50-22-28-2-3-29(23-50)51(28)21-24-9-13-49(14-10-24)35-7-1-26(19-44-35)30-5-8-36(53)46-37(30)54/h1,4,6-7,15-16,18-20,24,28-30H,2-3,5,8-10,12-14,21-23H2,(H,42,43)(H,46,53,54)/t28?,29?,30-/m1/s1. The Morgan fingerprint density at radius 3 is 2.49 bits per heavy atom. The third kappa shape index (κ3) is 6.83. The van der Waals surface area contributed by atoms with Gasteiger partial charge in [-0.05, 0) is 73.9 Å². The van der Waals surface area contributed by atoms with Gasteiger partial charge in [0, 0.05) is 69.3 Å². The van der Waals surface area contributed by atoms with Gasteiger partial charge in [-0.2, -0.15) is 15.6 Å². The average Bonchev–Trinajstić information content (AvgIpc) is 3.93. The Bertz CT molecular complexity index is 2320. The van der Waals surface area contributed by atoms with Crippen molar-refractivity contribution in [1.82, 2.24) is 40.0 Å². The number of nitrogens with zero attached hydrogens (tertiary/aromatic N) is 11. The lowest BCUT2D eigenvalue weighted by molar-refractivity contribution is -0.134. The summed E-state index contributed by atoms with van der Waals surface area (Å²) in [6.45, 7) is 5.00. The van der Waals surface area contributed by atoms with E-state index in [-0.39, 0.29) is 24.3 Å². The van der Waals surface area contributed by atoms with Crippen molar-refractivity contribution in [3.63, 3.8) is 0 Å². The monoisotopic (exact) mass is 753 g/mol. The summed E-state index contributed by atoms with van der Waals surface area (Å²) < 4.78 is 1.75. The molecule has 0 aromatic carbocycles. The summed E-state index contributed by atoms with van der Waals surface area (Å²) in [5.74, 6) is 0.835. The second-order valence-electron chi connectivity index (χ2n) is 14.8. The van der Waals surface area contributed by atoms with Crippen LogP contribution in [0.1, 0.15) is 55.6 Å². The fraction of sp³-hybridized carbons (Fsp3) is 0.410. The number of carbonyl (C=O) groups excluding carboxylic acids is 2. The number of hydrogen-bond acceptors (Lipinski definition) is 14. The summed E-state index contributed by atoms with van der Waals surface area (Å²) in [5.41, 5.74) is 5.14. The molecular formula is C39H39N13O2S. The van der Waals surface area contributed by atoms with Gasteiger partial charge in [0.1, 0.15) is 18.4 Å². The fourth-order valence-corrected chi connectivity index (χ4v) is 9.53. The second-order valence-corrected chi connectivity index (χ2v) is 15.8. The van der Waals surface area contributed by atoms with Crippen LogP contribution in [0.25, 0.3) is 27.5 Å². The Hall–Kier alpha value is -5.97. The van der Waals surface area contributed by atoms with Crippen molar-refractivity contribution in [1.29, 1.82) is 10.5 Å². The molecule has 4 fully saturated rings. The summed E-state index contributed by atoms with van der Waals surface area (Å²) in [7, 11) is 0. The molecule has 0 spiro atoms. The van der Waals surface area contributed by atoms with E-state index in [2.05, 4.69) is 52.8 Å². The molecule has 4 aliphatic heterocycles. The average molecular weight is 754 g/mol.